The van der Waals surface area contributed by atoms with Gasteiger partial charge in [-0.25, -0.2) is 8.42 Å². The van der Waals surface area contributed by atoms with Crippen molar-refractivity contribution in [1.29, 1.82) is 5.26 Å². The maximum Gasteiger partial charge on any atom is 0.249 e. The van der Waals surface area contributed by atoms with Crippen LogP contribution in [-0.2, 0) is 26.0 Å². The number of fused-ring (bicyclic) bond motifs is 1. The summed E-state index contributed by atoms with van der Waals surface area (Å²) in [6.07, 6.45) is 2.59. The summed E-state index contributed by atoms with van der Waals surface area (Å²) in [6, 6.07) is 15.0. The van der Waals surface area contributed by atoms with Gasteiger partial charge < -0.3 is 10.2 Å². The van der Waals surface area contributed by atoms with E-state index in [2.05, 4.69) is 5.32 Å². The fourth-order valence-corrected chi connectivity index (χ4v) is 6.07. The summed E-state index contributed by atoms with van der Waals surface area (Å²) in [5.41, 5.74) is 2.43. The van der Waals surface area contributed by atoms with Crippen LogP contribution in [0.2, 0.25) is 0 Å². The zero-order chi connectivity index (χ0) is 24.3. The van der Waals surface area contributed by atoms with Gasteiger partial charge in [0.25, 0.3) is 0 Å². The molecular formula is C25H28N4O4S. The number of nitrogens with one attached hydrogen (secondary N) is 1. The topological polar surface area (TPSA) is 111 Å². The third kappa shape index (κ3) is 4.83. The number of carbonyl (C=O) groups excluding carboxylic acids is 2. The molecule has 1 atom stereocenters. The average molecular weight is 481 g/mol. The fourth-order valence-electron chi connectivity index (χ4n) is 4.60. The number of nitrogens with zero attached hydrogens (tertiary/aromatic N) is 3. The molecule has 9 heteroatoms. The van der Waals surface area contributed by atoms with Crippen LogP contribution in [0.4, 0.5) is 5.69 Å². The predicted octanol–water partition coefficient (Wildman–Crippen LogP) is 2.44. The first-order chi connectivity index (χ1) is 16.3. The molecule has 178 valence electrons. The van der Waals surface area contributed by atoms with Gasteiger partial charge in [0.1, 0.15) is 6.04 Å². The highest BCUT2D eigenvalue weighted by atomic mass is 32.2. The highest BCUT2D eigenvalue weighted by molar-refractivity contribution is 7.89. The van der Waals surface area contributed by atoms with Crippen LogP contribution >= 0.6 is 0 Å². The SMILES string of the molecule is C[C@H](NC(=O)C1CCN(S(=O)(=O)c2ccc(C#N)cc2)CC1)C(=O)N1CCCc2ccccc21. The Morgan fingerprint density at radius 2 is 1.74 bits per heavy atom. The highest BCUT2D eigenvalue weighted by Crippen LogP contribution is 2.28. The van der Waals surface area contributed by atoms with Crippen LogP contribution in [0, 0.1) is 17.2 Å². The second kappa shape index (κ2) is 9.95. The van der Waals surface area contributed by atoms with Gasteiger partial charge >= 0.3 is 0 Å². The number of para-hydroxylation sites is 1. The molecule has 34 heavy (non-hydrogen) atoms. The lowest BCUT2D eigenvalue weighted by Gasteiger charge is -2.33. The van der Waals surface area contributed by atoms with E-state index in [1.165, 1.54) is 28.6 Å². The molecule has 1 saturated heterocycles. The number of hydrogen-bond donors (Lipinski definition) is 1. The van der Waals surface area contributed by atoms with Gasteiger partial charge in [0.2, 0.25) is 21.8 Å². The zero-order valence-electron chi connectivity index (χ0n) is 19.1. The standard InChI is InChI=1S/C25H28N4O4S/c1-18(25(31)29-14-4-6-20-5-2-3-7-23(20)29)27-24(30)21-12-15-28(16-13-21)34(32,33)22-10-8-19(17-26)9-11-22/h2-3,5,7-11,18,21H,4,6,12-16H2,1H3,(H,27,30)/t18-/m0/s1. The van der Waals surface area contributed by atoms with E-state index in [1.807, 2.05) is 30.3 Å². The maximum absolute atomic E-state index is 13.1. The molecule has 2 aromatic rings. The van der Waals surface area contributed by atoms with Crippen molar-refractivity contribution in [2.24, 2.45) is 5.92 Å². The fraction of sp³-hybridized carbons (Fsp3) is 0.400. The minimum absolute atomic E-state index is 0.135. The summed E-state index contributed by atoms with van der Waals surface area (Å²) in [5, 5.41) is 11.8. The number of benzene rings is 2. The quantitative estimate of drug-likeness (QED) is 0.707. The smallest absolute Gasteiger partial charge is 0.249 e. The van der Waals surface area contributed by atoms with E-state index >= 15 is 0 Å². The van der Waals surface area contributed by atoms with E-state index in [9.17, 15) is 18.0 Å². The molecule has 2 aromatic carbocycles. The molecule has 0 saturated carbocycles. The number of hydrogen-bond acceptors (Lipinski definition) is 5. The van der Waals surface area contributed by atoms with Crippen molar-refractivity contribution < 1.29 is 18.0 Å². The largest absolute Gasteiger partial charge is 0.344 e. The van der Waals surface area contributed by atoms with Crippen molar-refractivity contribution in [2.75, 3.05) is 24.5 Å². The van der Waals surface area contributed by atoms with Crippen molar-refractivity contribution in [1.82, 2.24) is 9.62 Å². The van der Waals surface area contributed by atoms with Crippen molar-refractivity contribution in [3.8, 4) is 6.07 Å². The molecule has 1 fully saturated rings. The minimum Gasteiger partial charge on any atom is -0.344 e. The van der Waals surface area contributed by atoms with Crippen molar-refractivity contribution in [2.45, 2.75) is 43.5 Å². The van der Waals surface area contributed by atoms with E-state index < -0.39 is 16.1 Å². The van der Waals surface area contributed by atoms with E-state index in [0.717, 1.165) is 24.1 Å². The molecule has 8 nitrogen and oxygen atoms in total. The van der Waals surface area contributed by atoms with Gasteiger partial charge in [0, 0.05) is 31.2 Å². The van der Waals surface area contributed by atoms with E-state index in [1.54, 1.807) is 11.8 Å². The van der Waals surface area contributed by atoms with Gasteiger partial charge in [0.05, 0.1) is 16.5 Å². The Morgan fingerprint density at radius 3 is 2.41 bits per heavy atom. The van der Waals surface area contributed by atoms with Gasteiger partial charge in [-0.1, -0.05) is 18.2 Å². The van der Waals surface area contributed by atoms with Crippen LogP contribution in [0.25, 0.3) is 0 Å². The Morgan fingerprint density at radius 1 is 1.06 bits per heavy atom. The average Bonchev–Trinajstić information content (AvgIpc) is 2.88. The van der Waals surface area contributed by atoms with Crippen molar-refractivity contribution in [3.63, 3.8) is 0 Å². The lowest BCUT2D eigenvalue weighted by Crippen LogP contribution is -2.51. The number of rotatable bonds is 5. The monoisotopic (exact) mass is 480 g/mol. The molecular weight excluding hydrogens is 452 g/mol. The van der Waals surface area contributed by atoms with Gasteiger partial charge in [-0.05, 0) is 68.5 Å². The number of sulfonamides is 1. The normalized spacial score (nSPS) is 17.9. The number of aryl methyl sites for hydroxylation is 1. The second-order valence-electron chi connectivity index (χ2n) is 8.77. The number of nitriles is 1. The molecule has 2 aliphatic heterocycles. The molecule has 0 radical (unpaired) electrons. The summed E-state index contributed by atoms with van der Waals surface area (Å²) < 4.78 is 27.2. The molecule has 0 aliphatic carbocycles. The van der Waals surface area contributed by atoms with Gasteiger partial charge in [-0.2, -0.15) is 9.57 Å². The van der Waals surface area contributed by atoms with E-state index in [4.69, 9.17) is 5.26 Å². The first kappa shape index (κ1) is 23.9. The molecule has 0 unspecified atom stereocenters. The third-order valence-electron chi connectivity index (χ3n) is 6.55. The van der Waals surface area contributed by atoms with E-state index in [-0.39, 0.29) is 35.7 Å². The summed E-state index contributed by atoms with van der Waals surface area (Å²) in [5.74, 6) is -0.709. The lowest BCUT2D eigenvalue weighted by molar-refractivity contribution is -0.130. The molecule has 1 N–H and O–H groups in total. The summed E-state index contributed by atoms with van der Waals surface area (Å²) in [6.45, 7) is 2.77. The van der Waals surface area contributed by atoms with Crippen molar-refractivity contribution in [3.05, 3.63) is 59.7 Å². The number of carbonyl (C=O) groups is 2. The molecule has 2 amide bonds. The third-order valence-corrected chi connectivity index (χ3v) is 8.46. The molecule has 2 aliphatic rings. The maximum atomic E-state index is 13.1. The molecule has 4 rings (SSSR count). The first-order valence-electron chi connectivity index (χ1n) is 11.5. The lowest BCUT2D eigenvalue weighted by atomic mass is 9.96. The van der Waals surface area contributed by atoms with Gasteiger partial charge in [-0.3, -0.25) is 9.59 Å². The number of anilines is 1. The Balaban J connectivity index is 1.34. The summed E-state index contributed by atoms with van der Waals surface area (Å²) in [4.78, 5) is 27.8. The number of amides is 2. The van der Waals surface area contributed by atoms with Crippen LogP contribution in [0.5, 0.6) is 0 Å². The van der Waals surface area contributed by atoms with Crippen molar-refractivity contribution >= 4 is 27.5 Å². The molecule has 2 heterocycles. The Labute approximate surface area is 200 Å². The Kier molecular flexibility index (Phi) is 7.00. The zero-order valence-corrected chi connectivity index (χ0v) is 19.9. The second-order valence-corrected chi connectivity index (χ2v) is 10.7. The first-order valence-corrected chi connectivity index (χ1v) is 12.9. The minimum atomic E-state index is -3.68. The Bertz CT molecular complexity index is 1210. The molecule has 0 bridgehead atoms. The van der Waals surface area contributed by atoms with Crippen LogP contribution in [0.15, 0.2) is 53.4 Å². The predicted molar refractivity (Wildman–Crippen MR) is 127 cm³/mol. The summed E-state index contributed by atoms with van der Waals surface area (Å²) in [7, 11) is -3.68. The number of piperidine rings is 1. The highest BCUT2D eigenvalue weighted by Gasteiger charge is 2.34. The molecule has 0 spiro atoms. The van der Waals surface area contributed by atoms with Gasteiger partial charge in [0.15, 0.2) is 0 Å². The van der Waals surface area contributed by atoms with Crippen LogP contribution in [0.1, 0.15) is 37.3 Å². The van der Waals surface area contributed by atoms with E-state index in [0.29, 0.717) is 24.9 Å². The molecule has 0 aromatic heterocycles. The van der Waals surface area contributed by atoms with Crippen LogP contribution < -0.4 is 10.2 Å². The summed E-state index contributed by atoms with van der Waals surface area (Å²) >= 11 is 0. The Hall–Kier alpha value is -3.22. The van der Waals surface area contributed by atoms with Gasteiger partial charge in [-0.15, -0.1) is 0 Å². The van der Waals surface area contributed by atoms with Crippen LogP contribution in [0.3, 0.4) is 0 Å². The van der Waals surface area contributed by atoms with Crippen LogP contribution in [-0.4, -0.2) is 50.2 Å².